The summed E-state index contributed by atoms with van der Waals surface area (Å²) in [6.07, 6.45) is 1.80. The van der Waals surface area contributed by atoms with Gasteiger partial charge >= 0.3 is 0 Å². The minimum absolute atomic E-state index is 0.168. The molecule has 0 atom stereocenters. The molecule has 0 spiro atoms. The van der Waals surface area contributed by atoms with E-state index < -0.39 is 7.15 Å². The Labute approximate surface area is 149 Å². The van der Waals surface area contributed by atoms with Gasteiger partial charge in [-0.05, 0) is 75.2 Å². The Morgan fingerprint density at radius 1 is 1.04 bits per heavy atom. The van der Waals surface area contributed by atoms with Crippen molar-refractivity contribution in [2.24, 2.45) is 0 Å². The number of halogens is 1. The summed E-state index contributed by atoms with van der Waals surface area (Å²) in [5, 5.41) is 8.92. The van der Waals surface area contributed by atoms with Crippen LogP contribution in [0.5, 0.6) is 11.5 Å². The number of carbonyl (C=O) groups is 2. The van der Waals surface area contributed by atoms with Gasteiger partial charge in [0.15, 0.2) is 0 Å². The third-order valence-electron chi connectivity index (χ3n) is 3.12. The lowest BCUT2D eigenvalue weighted by molar-refractivity contribution is 0.111. The maximum atomic E-state index is 10.5. The Morgan fingerprint density at radius 2 is 1.52 bits per heavy atom. The van der Waals surface area contributed by atoms with Gasteiger partial charge < -0.3 is 9.84 Å². The fourth-order valence-electron chi connectivity index (χ4n) is 1.92. The monoisotopic (exact) mass is 349 g/mol. The van der Waals surface area contributed by atoms with Gasteiger partial charge in [0.1, 0.15) is 24.1 Å². The van der Waals surface area contributed by atoms with Gasteiger partial charge in [0.05, 0.1) is 14.6 Å². The molecule has 5 heteroatoms. The summed E-state index contributed by atoms with van der Waals surface area (Å²) in [5.41, 5.74) is 3.09. The summed E-state index contributed by atoms with van der Waals surface area (Å²) >= 11 is 0. The number of phenolic OH excluding ortho intramolecular Hbond substituents is 1. The molecule has 0 unspecified atom stereocenters. The smallest absolute Gasteiger partial charge is 0.150 e. The van der Waals surface area contributed by atoms with Gasteiger partial charge in [-0.25, -0.2) is 0 Å². The quantitative estimate of drug-likeness (QED) is 0.813. The Morgan fingerprint density at radius 3 is 1.92 bits per heavy atom. The van der Waals surface area contributed by atoms with Crippen LogP contribution in [0.4, 0.5) is 4.39 Å². The summed E-state index contributed by atoms with van der Waals surface area (Å²) < 4.78 is 21.0. The molecule has 136 valence electrons. The first-order valence-corrected chi connectivity index (χ1v) is 7.61. The number of aromatic hydroxyl groups is 1. The fourth-order valence-corrected chi connectivity index (χ4v) is 1.92. The molecule has 0 bridgehead atoms. The molecule has 0 amide bonds. The first kappa shape index (κ1) is 20.4. The zero-order valence-electron chi connectivity index (χ0n) is 16.0. The molecule has 0 aliphatic rings. The van der Waals surface area contributed by atoms with Crippen LogP contribution in [0.3, 0.4) is 0 Å². The predicted octanol–water partition coefficient (Wildman–Crippen LogP) is 4.69. The molecule has 0 aliphatic carbocycles. The van der Waals surface area contributed by atoms with E-state index in [1.165, 1.54) is 6.07 Å². The second kappa shape index (κ2) is 11.8. The summed E-state index contributed by atoms with van der Waals surface area (Å²) in [7, 11) is -1.00. The van der Waals surface area contributed by atoms with Gasteiger partial charge in [-0.1, -0.05) is 0 Å². The van der Waals surface area contributed by atoms with Crippen molar-refractivity contribution >= 4 is 12.6 Å². The highest BCUT2D eigenvalue weighted by Gasteiger charge is 2.01. The van der Waals surface area contributed by atoms with Crippen LogP contribution >= 0.6 is 0 Å². The van der Waals surface area contributed by atoms with Crippen molar-refractivity contribution in [1.82, 2.24) is 0 Å². The molecule has 2 aromatic rings. The number of hydrogen-bond donors (Lipinski definition) is 1. The van der Waals surface area contributed by atoms with Crippen LogP contribution in [0, 0.1) is 13.8 Å². The van der Waals surface area contributed by atoms with E-state index in [1.54, 1.807) is 25.1 Å². The molecular weight excluding hydrogens is 323 g/mol. The van der Waals surface area contributed by atoms with E-state index in [0.29, 0.717) is 5.56 Å². The molecule has 1 N–H and O–H groups in total. The van der Waals surface area contributed by atoms with Gasteiger partial charge in [0, 0.05) is 11.1 Å². The highest BCUT2D eigenvalue weighted by molar-refractivity contribution is 5.77. The Bertz CT molecular complexity index is 702. The zero-order chi connectivity index (χ0) is 20.1. The third kappa shape index (κ3) is 8.11. The fraction of sp³-hybridized carbons (Fsp3) is 0.300. The van der Waals surface area contributed by atoms with Crippen molar-refractivity contribution in [3.63, 3.8) is 0 Å². The average Bonchev–Trinajstić information content (AvgIpc) is 2.56. The van der Waals surface area contributed by atoms with Crippen molar-refractivity contribution in [2.45, 2.75) is 33.8 Å². The van der Waals surface area contributed by atoms with Crippen LogP contribution in [0.1, 0.15) is 47.1 Å². The van der Waals surface area contributed by atoms with Crippen LogP contribution in [-0.4, -0.2) is 30.9 Å². The van der Waals surface area contributed by atoms with Crippen LogP contribution in [0.2, 0.25) is 0 Å². The molecule has 4 nitrogen and oxygen atoms in total. The SMILES string of the molecule is Cc1cc(O)ccc1C=O.Cc1cc(OC(C)C)ccc1C=O.[2H]CF. The number of aryl methyl sites for hydroxylation is 2. The normalized spacial score (nSPS) is 9.76. The van der Waals surface area contributed by atoms with Crippen LogP contribution in [0.25, 0.3) is 0 Å². The minimum atomic E-state index is -1.00. The molecule has 0 saturated heterocycles. The summed E-state index contributed by atoms with van der Waals surface area (Å²) in [6, 6.07) is 10.1. The minimum Gasteiger partial charge on any atom is -0.508 e. The number of alkyl halides is 1. The Kier molecular flexibility index (Phi) is 9.60. The summed E-state index contributed by atoms with van der Waals surface area (Å²) in [5.74, 6) is 1.02. The first-order chi connectivity index (χ1) is 12.3. The number of ether oxygens (including phenoxy) is 1. The highest BCUT2D eigenvalue weighted by atomic mass is 19.1. The maximum absolute atomic E-state index is 10.5. The lowest BCUT2D eigenvalue weighted by Crippen LogP contribution is -2.05. The second-order valence-electron chi connectivity index (χ2n) is 5.46. The van der Waals surface area contributed by atoms with Gasteiger partial charge in [-0.15, -0.1) is 0 Å². The van der Waals surface area contributed by atoms with Crippen LogP contribution in [-0.2, 0) is 0 Å². The number of rotatable bonds is 4. The number of benzene rings is 2. The average molecular weight is 349 g/mol. The van der Waals surface area contributed by atoms with Crippen LogP contribution < -0.4 is 4.74 Å². The molecule has 0 radical (unpaired) electrons. The topological polar surface area (TPSA) is 63.6 Å². The largest absolute Gasteiger partial charge is 0.508 e. The van der Waals surface area contributed by atoms with Crippen molar-refractivity contribution in [1.29, 1.82) is 0 Å². The molecule has 2 aromatic carbocycles. The van der Waals surface area contributed by atoms with E-state index in [9.17, 15) is 14.0 Å². The van der Waals surface area contributed by atoms with Crippen LogP contribution in [0.15, 0.2) is 36.4 Å². The van der Waals surface area contributed by atoms with Crippen molar-refractivity contribution < 1.29 is 25.2 Å². The summed E-state index contributed by atoms with van der Waals surface area (Å²) in [4.78, 5) is 20.8. The molecule has 0 aromatic heterocycles. The van der Waals surface area contributed by atoms with E-state index in [4.69, 9.17) is 11.2 Å². The molecule has 0 aliphatic heterocycles. The van der Waals surface area contributed by atoms with Gasteiger partial charge in [0.2, 0.25) is 0 Å². The van der Waals surface area contributed by atoms with Gasteiger partial charge in [0.25, 0.3) is 0 Å². The third-order valence-corrected chi connectivity index (χ3v) is 3.12. The Hall–Kier alpha value is -2.69. The first-order valence-electron chi connectivity index (χ1n) is 8.32. The van der Waals surface area contributed by atoms with E-state index in [2.05, 4.69) is 0 Å². The molecule has 2 rings (SSSR count). The molecule has 25 heavy (non-hydrogen) atoms. The zero-order valence-corrected chi connectivity index (χ0v) is 15.0. The van der Waals surface area contributed by atoms with Gasteiger partial charge in [-0.2, -0.15) is 0 Å². The molecule has 0 fully saturated rings. The molecular formula is C20H25FO4. The Balaban J connectivity index is 0.000000428. The van der Waals surface area contributed by atoms with Crippen molar-refractivity contribution in [3.8, 4) is 11.5 Å². The van der Waals surface area contributed by atoms with Crippen molar-refractivity contribution in [3.05, 3.63) is 58.7 Å². The second-order valence-corrected chi connectivity index (χ2v) is 5.46. The standard InChI is InChI=1S/C11H14O2.C8H8O2.CH3F/c1-8(2)13-11-5-4-10(7-12)9(3)6-11;1-6-4-8(10)3-2-7(6)5-9;1-2/h4-8H,1-3H3;2-5,10H,1H3;1H3/i;;1D. The van der Waals surface area contributed by atoms with Crippen molar-refractivity contribution in [2.75, 3.05) is 7.15 Å². The molecule has 0 heterocycles. The number of carbonyl (C=O) groups excluding carboxylic acids is 2. The number of hydrogen-bond acceptors (Lipinski definition) is 4. The molecule has 0 saturated carbocycles. The van der Waals surface area contributed by atoms with E-state index >= 15 is 0 Å². The predicted molar refractivity (Wildman–Crippen MR) is 97.6 cm³/mol. The summed E-state index contributed by atoms with van der Waals surface area (Å²) in [6.45, 7) is 7.63. The number of phenols is 1. The maximum Gasteiger partial charge on any atom is 0.150 e. The van der Waals surface area contributed by atoms with E-state index in [1.807, 2.05) is 32.9 Å². The van der Waals surface area contributed by atoms with Gasteiger partial charge in [-0.3, -0.25) is 14.0 Å². The lowest BCUT2D eigenvalue weighted by atomic mass is 10.1. The van der Waals surface area contributed by atoms with E-state index in [-0.39, 0.29) is 11.9 Å². The number of aldehydes is 2. The van der Waals surface area contributed by atoms with E-state index in [0.717, 1.165) is 35.0 Å². The highest BCUT2D eigenvalue weighted by Crippen LogP contribution is 2.17. The lowest BCUT2D eigenvalue weighted by Gasteiger charge is -2.10.